The third-order valence-corrected chi connectivity index (χ3v) is 4.58. The van der Waals surface area contributed by atoms with Gasteiger partial charge in [0.25, 0.3) is 0 Å². The third kappa shape index (κ3) is 2.94. The SMILES string of the molecule is O=S1(=O)CCC(Nc2cccc(F)c2F)CC1. The molecule has 94 valence electrons. The summed E-state index contributed by atoms with van der Waals surface area (Å²) < 4.78 is 48.7. The average Bonchev–Trinajstić information content (AvgIpc) is 2.27. The van der Waals surface area contributed by atoms with Crippen LogP contribution in [0.25, 0.3) is 0 Å². The second-order valence-corrected chi connectivity index (χ2v) is 6.48. The molecule has 0 spiro atoms. The first-order valence-electron chi connectivity index (χ1n) is 5.39. The minimum atomic E-state index is -2.93. The molecule has 0 unspecified atom stereocenters. The van der Waals surface area contributed by atoms with Crippen LogP contribution in [-0.4, -0.2) is 26.0 Å². The molecule has 1 saturated heterocycles. The van der Waals surface area contributed by atoms with Gasteiger partial charge in [0.05, 0.1) is 17.2 Å². The van der Waals surface area contributed by atoms with Gasteiger partial charge in [-0.2, -0.15) is 0 Å². The van der Waals surface area contributed by atoms with Gasteiger partial charge in [-0.3, -0.25) is 0 Å². The summed E-state index contributed by atoms with van der Waals surface area (Å²) in [5.41, 5.74) is 0.0919. The molecule has 0 bridgehead atoms. The van der Waals surface area contributed by atoms with Gasteiger partial charge in [0, 0.05) is 6.04 Å². The van der Waals surface area contributed by atoms with E-state index in [0.717, 1.165) is 6.07 Å². The molecule has 17 heavy (non-hydrogen) atoms. The Labute approximate surface area is 98.8 Å². The number of hydrogen-bond donors (Lipinski definition) is 1. The highest BCUT2D eigenvalue weighted by Gasteiger charge is 2.24. The number of nitrogens with one attached hydrogen (secondary N) is 1. The quantitative estimate of drug-likeness (QED) is 0.885. The van der Waals surface area contributed by atoms with Crippen molar-refractivity contribution in [3.63, 3.8) is 0 Å². The van der Waals surface area contributed by atoms with Gasteiger partial charge in [0.15, 0.2) is 11.6 Å². The van der Waals surface area contributed by atoms with Crippen LogP contribution in [0.2, 0.25) is 0 Å². The van der Waals surface area contributed by atoms with Gasteiger partial charge < -0.3 is 5.32 Å². The second kappa shape index (κ2) is 4.60. The molecule has 1 aliphatic heterocycles. The molecular weight excluding hydrogens is 248 g/mol. The molecule has 1 aromatic carbocycles. The van der Waals surface area contributed by atoms with E-state index in [2.05, 4.69) is 5.32 Å². The molecular formula is C11H13F2NO2S. The molecule has 3 nitrogen and oxygen atoms in total. The molecule has 1 aliphatic rings. The largest absolute Gasteiger partial charge is 0.380 e. The Balaban J connectivity index is 2.05. The van der Waals surface area contributed by atoms with Crippen molar-refractivity contribution in [2.45, 2.75) is 18.9 Å². The number of halogens is 2. The lowest BCUT2D eigenvalue weighted by atomic mass is 10.1. The van der Waals surface area contributed by atoms with Crippen LogP contribution in [-0.2, 0) is 9.84 Å². The zero-order chi connectivity index (χ0) is 12.5. The number of rotatable bonds is 2. The predicted octanol–water partition coefficient (Wildman–Crippen LogP) is 1.95. The van der Waals surface area contributed by atoms with Crippen molar-refractivity contribution < 1.29 is 17.2 Å². The number of benzene rings is 1. The first-order chi connectivity index (χ1) is 7.98. The van der Waals surface area contributed by atoms with Crippen LogP contribution in [0.15, 0.2) is 18.2 Å². The van der Waals surface area contributed by atoms with E-state index in [9.17, 15) is 17.2 Å². The van der Waals surface area contributed by atoms with Crippen LogP contribution in [0, 0.1) is 11.6 Å². The monoisotopic (exact) mass is 261 g/mol. The Morgan fingerprint density at radius 3 is 2.47 bits per heavy atom. The molecule has 1 aromatic rings. The van der Waals surface area contributed by atoms with Crippen molar-refractivity contribution in [3.8, 4) is 0 Å². The number of hydrogen-bond acceptors (Lipinski definition) is 3. The maximum absolute atomic E-state index is 13.4. The van der Waals surface area contributed by atoms with E-state index in [0.29, 0.717) is 12.8 Å². The fourth-order valence-electron chi connectivity index (χ4n) is 1.87. The fourth-order valence-corrected chi connectivity index (χ4v) is 3.36. The molecule has 0 amide bonds. The molecule has 0 aromatic heterocycles. The van der Waals surface area contributed by atoms with Crippen molar-refractivity contribution in [1.29, 1.82) is 0 Å². The topological polar surface area (TPSA) is 46.2 Å². The molecule has 2 rings (SSSR count). The Morgan fingerprint density at radius 2 is 1.82 bits per heavy atom. The highest BCUT2D eigenvalue weighted by atomic mass is 32.2. The van der Waals surface area contributed by atoms with Gasteiger partial charge in [-0.1, -0.05) is 6.07 Å². The molecule has 0 atom stereocenters. The van der Waals surface area contributed by atoms with Crippen LogP contribution < -0.4 is 5.32 Å². The van der Waals surface area contributed by atoms with Gasteiger partial charge in [-0.15, -0.1) is 0 Å². The van der Waals surface area contributed by atoms with E-state index in [1.807, 2.05) is 0 Å². The van der Waals surface area contributed by atoms with Crippen LogP contribution in [0.4, 0.5) is 14.5 Å². The van der Waals surface area contributed by atoms with Crippen molar-refractivity contribution in [1.82, 2.24) is 0 Å². The fraction of sp³-hybridized carbons (Fsp3) is 0.455. The first-order valence-corrected chi connectivity index (χ1v) is 7.21. The highest BCUT2D eigenvalue weighted by Crippen LogP contribution is 2.21. The number of anilines is 1. The smallest absolute Gasteiger partial charge is 0.181 e. The maximum Gasteiger partial charge on any atom is 0.181 e. The number of sulfone groups is 1. The molecule has 1 fully saturated rings. The zero-order valence-electron chi connectivity index (χ0n) is 9.12. The lowest BCUT2D eigenvalue weighted by Crippen LogP contribution is -2.32. The van der Waals surface area contributed by atoms with Crippen LogP contribution in [0.3, 0.4) is 0 Å². The summed E-state index contributed by atoms with van der Waals surface area (Å²) in [6, 6.07) is 3.79. The third-order valence-electron chi connectivity index (χ3n) is 2.87. The van der Waals surface area contributed by atoms with Crippen LogP contribution in [0.5, 0.6) is 0 Å². The van der Waals surface area contributed by atoms with Crippen LogP contribution >= 0.6 is 0 Å². The Kier molecular flexibility index (Phi) is 3.33. The molecule has 0 radical (unpaired) electrons. The predicted molar refractivity (Wildman–Crippen MR) is 61.7 cm³/mol. The van der Waals surface area contributed by atoms with E-state index in [1.165, 1.54) is 12.1 Å². The van der Waals surface area contributed by atoms with E-state index in [-0.39, 0.29) is 23.2 Å². The summed E-state index contributed by atoms with van der Waals surface area (Å²) in [4.78, 5) is 0. The van der Waals surface area contributed by atoms with E-state index in [4.69, 9.17) is 0 Å². The molecule has 1 N–H and O–H groups in total. The zero-order valence-corrected chi connectivity index (χ0v) is 9.93. The normalized spacial score (nSPS) is 20.1. The van der Waals surface area contributed by atoms with Crippen LogP contribution in [0.1, 0.15) is 12.8 Å². The summed E-state index contributed by atoms with van der Waals surface area (Å²) in [5.74, 6) is -1.62. The minimum Gasteiger partial charge on any atom is -0.380 e. The van der Waals surface area contributed by atoms with E-state index >= 15 is 0 Å². The first kappa shape index (κ1) is 12.3. The van der Waals surface area contributed by atoms with E-state index in [1.54, 1.807) is 0 Å². The summed E-state index contributed by atoms with van der Waals surface area (Å²) in [6.45, 7) is 0. The summed E-state index contributed by atoms with van der Waals surface area (Å²) in [7, 11) is -2.93. The molecule has 6 heteroatoms. The minimum absolute atomic E-state index is 0.0919. The van der Waals surface area contributed by atoms with E-state index < -0.39 is 21.5 Å². The van der Waals surface area contributed by atoms with Gasteiger partial charge in [-0.25, -0.2) is 17.2 Å². The molecule has 0 aliphatic carbocycles. The van der Waals surface area contributed by atoms with Gasteiger partial charge in [0.1, 0.15) is 9.84 Å². The Morgan fingerprint density at radius 1 is 1.18 bits per heavy atom. The van der Waals surface area contributed by atoms with Crippen molar-refractivity contribution in [2.24, 2.45) is 0 Å². The molecule has 0 saturated carbocycles. The van der Waals surface area contributed by atoms with Gasteiger partial charge in [-0.05, 0) is 25.0 Å². The lowest BCUT2D eigenvalue weighted by Gasteiger charge is -2.24. The Hall–Kier alpha value is -1.17. The van der Waals surface area contributed by atoms with Crippen molar-refractivity contribution >= 4 is 15.5 Å². The van der Waals surface area contributed by atoms with Crippen molar-refractivity contribution in [3.05, 3.63) is 29.8 Å². The summed E-state index contributed by atoms with van der Waals surface area (Å²) in [6.07, 6.45) is 0.858. The Bertz CT molecular complexity index is 502. The van der Waals surface area contributed by atoms with Gasteiger partial charge >= 0.3 is 0 Å². The molecule has 1 heterocycles. The maximum atomic E-state index is 13.4. The standard InChI is InChI=1S/C11H13F2NO2S/c12-9-2-1-3-10(11(9)13)14-8-4-6-17(15,16)7-5-8/h1-3,8,14H,4-7H2. The lowest BCUT2D eigenvalue weighted by molar-refractivity contribution is 0.507. The van der Waals surface area contributed by atoms with Gasteiger partial charge in [0.2, 0.25) is 0 Å². The van der Waals surface area contributed by atoms with Crippen molar-refractivity contribution in [2.75, 3.05) is 16.8 Å². The average molecular weight is 261 g/mol. The summed E-state index contributed by atoms with van der Waals surface area (Å²) in [5, 5.41) is 2.85. The highest BCUT2D eigenvalue weighted by molar-refractivity contribution is 7.91. The second-order valence-electron chi connectivity index (χ2n) is 4.17. The summed E-state index contributed by atoms with van der Waals surface area (Å²) >= 11 is 0.